The maximum atomic E-state index is 12.4. The lowest BCUT2D eigenvalue weighted by Gasteiger charge is -2.17. The molecule has 0 bridgehead atoms. The first-order chi connectivity index (χ1) is 12.7. The van der Waals surface area contributed by atoms with E-state index in [0.717, 1.165) is 18.2 Å². The Kier molecular flexibility index (Phi) is 9.64. The molecule has 1 aliphatic carbocycles. The highest BCUT2D eigenvalue weighted by Crippen LogP contribution is 2.25. The summed E-state index contributed by atoms with van der Waals surface area (Å²) in [5, 5.41) is 0.816. The molecule has 3 rings (SSSR count). The number of hydrogen-bond donors (Lipinski definition) is 0. The molecule has 3 nitrogen and oxygen atoms in total. The van der Waals surface area contributed by atoms with Gasteiger partial charge in [-0.15, -0.1) is 0 Å². The lowest BCUT2D eigenvalue weighted by atomic mass is 9.88. The normalized spacial score (nSPS) is 14.3. The summed E-state index contributed by atoms with van der Waals surface area (Å²) in [5.41, 5.74) is 0.836. The fraction of sp³-hybridized carbons (Fsp3) is 0.478. The molecule has 1 fully saturated rings. The average Bonchev–Trinajstić information content (AvgIpc) is 2.70. The summed E-state index contributed by atoms with van der Waals surface area (Å²) < 4.78 is 5.28. The summed E-state index contributed by atoms with van der Waals surface area (Å²) in [6.07, 6.45) is 9.52. The highest BCUT2D eigenvalue weighted by molar-refractivity contribution is 6.07. The Balaban J connectivity index is 0.000000791. The molecule has 1 saturated carbocycles. The highest BCUT2D eigenvalue weighted by atomic mass is 16.4. The van der Waals surface area contributed by atoms with E-state index in [-0.39, 0.29) is 11.3 Å². The van der Waals surface area contributed by atoms with Crippen molar-refractivity contribution in [2.24, 2.45) is 5.92 Å². The second kappa shape index (κ2) is 11.5. The van der Waals surface area contributed by atoms with Crippen LogP contribution in [0.25, 0.3) is 11.0 Å². The van der Waals surface area contributed by atoms with Gasteiger partial charge in [0.15, 0.2) is 5.78 Å². The Hall–Kier alpha value is -2.16. The van der Waals surface area contributed by atoms with Crippen LogP contribution in [0.3, 0.4) is 0 Å². The number of fused-ring (bicyclic) bond motifs is 1. The molecule has 1 aromatic carbocycles. The monoisotopic (exact) mass is 356 g/mol. The highest BCUT2D eigenvalue weighted by Gasteiger charge is 2.17. The summed E-state index contributed by atoms with van der Waals surface area (Å²) in [7, 11) is 0. The van der Waals surface area contributed by atoms with Crippen LogP contribution in [0.15, 0.2) is 45.6 Å². The van der Waals surface area contributed by atoms with Crippen LogP contribution in [0.1, 0.15) is 75.7 Å². The van der Waals surface area contributed by atoms with E-state index in [1.807, 2.05) is 52.0 Å². The SMILES string of the molecule is CC.CC.Cc1c(C(=O)/C=C/C2CCCCC2)c(=O)oc2ccccc12. The Morgan fingerprint density at radius 1 is 1.04 bits per heavy atom. The van der Waals surface area contributed by atoms with Gasteiger partial charge in [0, 0.05) is 5.39 Å². The maximum absolute atomic E-state index is 12.4. The molecule has 0 spiro atoms. The molecule has 0 atom stereocenters. The van der Waals surface area contributed by atoms with Crippen LogP contribution < -0.4 is 5.63 Å². The van der Waals surface area contributed by atoms with Crippen molar-refractivity contribution < 1.29 is 9.21 Å². The van der Waals surface area contributed by atoms with Gasteiger partial charge >= 0.3 is 5.63 Å². The van der Waals surface area contributed by atoms with Gasteiger partial charge in [-0.3, -0.25) is 4.79 Å². The number of carbonyl (C=O) groups is 1. The van der Waals surface area contributed by atoms with Crippen LogP contribution >= 0.6 is 0 Å². The van der Waals surface area contributed by atoms with E-state index in [0.29, 0.717) is 17.1 Å². The van der Waals surface area contributed by atoms with Gasteiger partial charge in [-0.25, -0.2) is 4.79 Å². The van der Waals surface area contributed by atoms with Crippen molar-refractivity contribution in [3.63, 3.8) is 0 Å². The number of benzene rings is 1. The van der Waals surface area contributed by atoms with Crippen molar-refractivity contribution in [1.82, 2.24) is 0 Å². The first-order valence-corrected chi connectivity index (χ1v) is 9.92. The topological polar surface area (TPSA) is 47.3 Å². The molecule has 1 aromatic heterocycles. The number of para-hydroxylation sites is 1. The largest absolute Gasteiger partial charge is 0.422 e. The van der Waals surface area contributed by atoms with E-state index in [2.05, 4.69) is 0 Å². The zero-order chi connectivity index (χ0) is 19.5. The minimum absolute atomic E-state index is 0.158. The van der Waals surface area contributed by atoms with E-state index in [1.54, 1.807) is 19.1 Å². The maximum Gasteiger partial charge on any atom is 0.347 e. The van der Waals surface area contributed by atoms with E-state index >= 15 is 0 Å². The number of carbonyl (C=O) groups excluding carboxylic acids is 1. The first-order valence-electron chi connectivity index (χ1n) is 9.92. The summed E-state index contributed by atoms with van der Waals surface area (Å²) in [4.78, 5) is 24.6. The summed E-state index contributed by atoms with van der Waals surface area (Å²) in [6.45, 7) is 9.81. The molecule has 0 amide bonds. The fourth-order valence-electron chi connectivity index (χ4n) is 3.22. The Morgan fingerprint density at radius 2 is 1.65 bits per heavy atom. The zero-order valence-corrected chi connectivity index (χ0v) is 16.8. The quantitative estimate of drug-likeness (QED) is 0.359. The number of allylic oxidation sites excluding steroid dienone is 2. The molecule has 2 aromatic rings. The number of ketones is 1. The van der Waals surface area contributed by atoms with Gasteiger partial charge in [-0.2, -0.15) is 0 Å². The predicted molar refractivity (Wildman–Crippen MR) is 110 cm³/mol. The second-order valence-corrected chi connectivity index (χ2v) is 6.01. The number of rotatable bonds is 3. The molecule has 0 N–H and O–H groups in total. The van der Waals surface area contributed by atoms with Crippen molar-refractivity contribution in [2.75, 3.05) is 0 Å². The minimum atomic E-state index is -0.547. The van der Waals surface area contributed by atoms with Crippen molar-refractivity contribution in [3.05, 3.63) is 58.0 Å². The Bertz CT molecular complexity index is 778. The molecular formula is C23H32O3. The lowest BCUT2D eigenvalue weighted by molar-refractivity contribution is 0.104. The summed E-state index contributed by atoms with van der Waals surface area (Å²) >= 11 is 0. The lowest BCUT2D eigenvalue weighted by Crippen LogP contribution is -2.15. The van der Waals surface area contributed by atoms with E-state index in [1.165, 1.54) is 19.3 Å². The van der Waals surface area contributed by atoms with Gasteiger partial charge in [-0.1, -0.05) is 71.2 Å². The number of aryl methyl sites for hydroxylation is 1. The van der Waals surface area contributed by atoms with Crippen molar-refractivity contribution in [2.45, 2.75) is 66.7 Å². The van der Waals surface area contributed by atoms with Gasteiger partial charge in [0.05, 0.1) is 0 Å². The van der Waals surface area contributed by atoms with Crippen LogP contribution in [0.5, 0.6) is 0 Å². The van der Waals surface area contributed by atoms with Crippen LogP contribution in [-0.2, 0) is 0 Å². The molecule has 0 unspecified atom stereocenters. The molecular weight excluding hydrogens is 324 g/mol. The van der Waals surface area contributed by atoms with Crippen LogP contribution in [0, 0.1) is 12.8 Å². The molecule has 0 saturated heterocycles. The van der Waals surface area contributed by atoms with E-state index < -0.39 is 5.63 Å². The predicted octanol–water partition coefficient (Wildman–Crippen LogP) is 6.47. The molecule has 142 valence electrons. The Labute approximate surface area is 157 Å². The second-order valence-electron chi connectivity index (χ2n) is 6.01. The molecule has 26 heavy (non-hydrogen) atoms. The number of hydrogen-bond acceptors (Lipinski definition) is 3. The van der Waals surface area contributed by atoms with Gasteiger partial charge in [0.25, 0.3) is 0 Å². The summed E-state index contributed by atoms with van der Waals surface area (Å²) in [6, 6.07) is 7.31. The smallest absolute Gasteiger partial charge is 0.347 e. The zero-order valence-electron chi connectivity index (χ0n) is 16.8. The van der Waals surface area contributed by atoms with Crippen molar-refractivity contribution in [3.8, 4) is 0 Å². The molecule has 0 aliphatic heterocycles. The van der Waals surface area contributed by atoms with Crippen LogP contribution in [-0.4, -0.2) is 5.78 Å². The first kappa shape index (κ1) is 21.9. The van der Waals surface area contributed by atoms with Crippen LogP contribution in [0.2, 0.25) is 0 Å². The molecule has 0 radical (unpaired) electrons. The molecule has 1 heterocycles. The minimum Gasteiger partial charge on any atom is -0.422 e. The third-order valence-corrected chi connectivity index (χ3v) is 4.49. The van der Waals surface area contributed by atoms with Crippen LogP contribution in [0.4, 0.5) is 0 Å². The average molecular weight is 357 g/mol. The fourth-order valence-corrected chi connectivity index (χ4v) is 3.22. The summed E-state index contributed by atoms with van der Waals surface area (Å²) in [5.74, 6) is 0.216. The molecule has 1 aliphatic rings. The third-order valence-electron chi connectivity index (χ3n) is 4.49. The third kappa shape index (κ3) is 5.42. The van der Waals surface area contributed by atoms with Gasteiger partial charge in [0.1, 0.15) is 11.1 Å². The van der Waals surface area contributed by atoms with Gasteiger partial charge in [-0.05, 0) is 43.4 Å². The van der Waals surface area contributed by atoms with E-state index in [9.17, 15) is 9.59 Å². The molecule has 3 heteroatoms. The van der Waals surface area contributed by atoms with E-state index in [4.69, 9.17) is 4.42 Å². The van der Waals surface area contributed by atoms with Gasteiger partial charge in [0.2, 0.25) is 0 Å². The van der Waals surface area contributed by atoms with Crippen molar-refractivity contribution >= 4 is 16.8 Å². The van der Waals surface area contributed by atoms with Crippen molar-refractivity contribution in [1.29, 1.82) is 0 Å². The van der Waals surface area contributed by atoms with Gasteiger partial charge < -0.3 is 4.42 Å². The standard InChI is InChI=1S/C19H20O3.2C2H6/c1-13-15-9-5-6-10-17(15)22-19(21)18(13)16(20)12-11-14-7-3-2-4-8-14;2*1-2/h5-6,9-12,14H,2-4,7-8H2,1H3;2*1-2H3/b12-11+;;. The Morgan fingerprint density at radius 3 is 2.31 bits per heavy atom.